The van der Waals surface area contributed by atoms with E-state index < -0.39 is 6.10 Å². The standard InChI is InChI=1S/C9H12O2.C2H2/c1-7(10)8-5-3-4-6-9(8)11-2;1-2/h3-7,10H,1-2H3;1-2H. The Hall–Kier alpha value is -1.46. The lowest BCUT2D eigenvalue weighted by molar-refractivity contribution is 0.194. The Morgan fingerprint density at radius 1 is 1.31 bits per heavy atom. The van der Waals surface area contributed by atoms with Crippen LogP contribution in [0.5, 0.6) is 5.75 Å². The maximum atomic E-state index is 9.26. The van der Waals surface area contributed by atoms with Gasteiger partial charge in [-0.3, -0.25) is 0 Å². The van der Waals surface area contributed by atoms with Gasteiger partial charge in [0.1, 0.15) is 5.75 Å². The number of terminal acetylenes is 1. The van der Waals surface area contributed by atoms with Crippen molar-refractivity contribution < 1.29 is 9.84 Å². The van der Waals surface area contributed by atoms with E-state index in [9.17, 15) is 5.11 Å². The van der Waals surface area contributed by atoms with Crippen molar-refractivity contribution in [3.8, 4) is 18.6 Å². The Morgan fingerprint density at radius 2 is 1.85 bits per heavy atom. The van der Waals surface area contributed by atoms with Crippen LogP contribution in [0.2, 0.25) is 0 Å². The quantitative estimate of drug-likeness (QED) is 0.702. The van der Waals surface area contributed by atoms with Gasteiger partial charge in [0.05, 0.1) is 13.2 Å². The van der Waals surface area contributed by atoms with Gasteiger partial charge in [0.25, 0.3) is 0 Å². The Bertz CT molecular complexity index is 264. The van der Waals surface area contributed by atoms with Crippen molar-refractivity contribution in [3.05, 3.63) is 29.8 Å². The number of methoxy groups -OCH3 is 1. The van der Waals surface area contributed by atoms with Crippen LogP contribution in [0.25, 0.3) is 0 Å². The number of aliphatic hydroxyl groups excluding tert-OH is 1. The lowest BCUT2D eigenvalue weighted by Gasteiger charge is -2.09. The Morgan fingerprint density at radius 3 is 2.23 bits per heavy atom. The van der Waals surface area contributed by atoms with Crippen molar-refractivity contribution in [3.63, 3.8) is 0 Å². The molecule has 0 amide bonds. The lowest BCUT2D eigenvalue weighted by atomic mass is 10.1. The minimum atomic E-state index is -0.467. The molecule has 0 fully saturated rings. The minimum absolute atomic E-state index is 0.467. The monoisotopic (exact) mass is 178 g/mol. The molecule has 1 unspecified atom stereocenters. The van der Waals surface area contributed by atoms with Gasteiger partial charge in [0.15, 0.2) is 0 Å². The number of ether oxygens (including phenoxy) is 1. The molecule has 0 aliphatic heterocycles. The number of benzene rings is 1. The zero-order chi connectivity index (χ0) is 10.3. The van der Waals surface area contributed by atoms with Crippen molar-refractivity contribution in [2.24, 2.45) is 0 Å². The van der Waals surface area contributed by atoms with E-state index in [0.29, 0.717) is 0 Å². The molecule has 2 nitrogen and oxygen atoms in total. The molecule has 0 saturated heterocycles. The average molecular weight is 178 g/mol. The van der Waals surface area contributed by atoms with Gasteiger partial charge in [-0.25, -0.2) is 0 Å². The minimum Gasteiger partial charge on any atom is -0.496 e. The van der Waals surface area contributed by atoms with E-state index in [-0.39, 0.29) is 0 Å². The van der Waals surface area contributed by atoms with Gasteiger partial charge < -0.3 is 9.84 Å². The fraction of sp³-hybridized carbons (Fsp3) is 0.273. The van der Waals surface area contributed by atoms with Crippen LogP contribution in [-0.4, -0.2) is 12.2 Å². The molecule has 1 aromatic rings. The summed E-state index contributed by atoms with van der Waals surface area (Å²) in [6, 6.07) is 7.45. The van der Waals surface area contributed by atoms with Crippen molar-refractivity contribution in [2.75, 3.05) is 7.11 Å². The van der Waals surface area contributed by atoms with Gasteiger partial charge in [-0.1, -0.05) is 18.2 Å². The third kappa shape index (κ3) is 3.18. The Labute approximate surface area is 79.2 Å². The normalized spacial score (nSPS) is 10.8. The van der Waals surface area contributed by atoms with Gasteiger partial charge in [-0.2, -0.15) is 0 Å². The summed E-state index contributed by atoms with van der Waals surface area (Å²) in [4.78, 5) is 0. The lowest BCUT2D eigenvalue weighted by Crippen LogP contribution is -1.95. The van der Waals surface area contributed by atoms with Crippen LogP contribution in [0.3, 0.4) is 0 Å². The molecule has 1 atom stereocenters. The van der Waals surface area contributed by atoms with E-state index in [0.717, 1.165) is 11.3 Å². The average Bonchev–Trinajstić information content (AvgIpc) is 2.20. The Kier molecular flexibility index (Phi) is 5.42. The van der Waals surface area contributed by atoms with E-state index in [1.807, 2.05) is 24.3 Å². The molecule has 0 spiro atoms. The number of hydrogen-bond donors (Lipinski definition) is 1. The highest BCUT2D eigenvalue weighted by Gasteiger charge is 2.05. The van der Waals surface area contributed by atoms with Crippen LogP contribution in [0.15, 0.2) is 24.3 Å². The molecule has 1 N–H and O–H groups in total. The molecule has 0 saturated carbocycles. The maximum Gasteiger partial charge on any atom is 0.124 e. The van der Waals surface area contributed by atoms with Gasteiger partial charge >= 0.3 is 0 Å². The first-order chi connectivity index (χ1) is 6.25. The molecule has 70 valence electrons. The third-order valence-corrected chi connectivity index (χ3v) is 1.59. The summed E-state index contributed by atoms with van der Waals surface area (Å²) in [6.45, 7) is 1.72. The predicted molar refractivity (Wildman–Crippen MR) is 53.5 cm³/mol. The van der Waals surface area contributed by atoms with Gasteiger partial charge in [0.2, 0.25) is 0 Å². The first-order valence-corrected chi connectivity index (χ1v) is 3.90. The second-order valence-corrected chi connectivity index (χ2v) is 2.42. The molecule has 0 aromatic heterocycles. The van der Waals surface area contributed by atoms with E-state index in [1.165, 1.54) is 0 Å². The van der Waals surface area contributed by atoms with Crippen LogP contribution < -0.4 is 4.74 Å². The molecule has 0 bridgehead atoms. The molecule has 0 aliphatic rings. The number of hydrogen-bond acceptors (Lipinski definition) is 2. The van der Waals surface area contributed by atoms with Crippen LogP contribution >= 0.6 is 0 Å². The fourth-order valence-electron chi connectivity index (χ4n) is 1.01. The first-order valence-electron chi connectivity index (χ1n) is 3.90. The van der Waals surface area contributed by atoms with E-state index in [4.69, 9.17) is 4.74 Å². The molecule has 0 radical (unpaired) electrons. The van der Waals surface area contributed by atoms with Crippen molar-refractivity contribution in [2.45, 2.75) is 13.0 Å². The summed E-state index contributed by atoms with van der Waals surface area (Å²) in [5.41, 5.74) is 0.829. The van der Waals surface area contributed by atoms with Crippen LogP contribution in [-0.2, 0) is 0 Å². The summed E-state index contributed by atoms with van der Waals surface area (Å²) in [5.74, 6) is 0.738. The molecule has 2 heteroatoms. The number of para-hydroxylation sites is 1. The highest BCUT2D eigenvalue weighted by atomic mass is 16.5. The maximum absolute atomic E-state index is 9.26. The van der Waals surface area contributed by atoms with E-state index in [1.54, 1.807) is 14.0 Å². The summed E-state index contributed by atoms with van der Waals surface area (Å²) >= 11 is 0. The van der Waals surface area contributed by atoms with E-state index in [2.05, 4.69) is 12.8 Å². The second-order valence-electron chi connectivity index (χ2n) is 2.42. The molecule has 1 aromatic carbocycles. The van der Waals surface area contributed by atoms with Gasteiger partial charge in [-0.15, -0.1) is 12.8 Å². The summed E-state index contributed by atoms with van der Waals surface area (Å²) < 4.78 is 5.05. The fourth-order valence-corrected chi connectivity index (χ4v) is 1.01. The summed E-state index contributed by atoms with van der Waals surface area (Å²) in [6.07, 6.45) is 7.53. The molecular weight excluding hydrogens is 164 g/mol. The highest BCUT2D eigenvalue weighted by molar-refractivity contribution is 5.34. The molecule has 1 rings (SSSR count). The summed E-state index contributed by atoms with van der Waals surface area (Å²) in [7, 11) is 1.60. The van der Waals surface area contributed by atoms with Crippen LogP contribution in [0, 0.1) is 12.8 Å². The van der Waals surface area contributed by atoms with Gasteiger partial charge in [-0.05, 0) is 13.0 Å². The third-order valence-electron chi connectivity index (χ3n) is 1.59. The van der Waals surface area contributed by atoms with Crippen molar-refractivity contribution >= 4 is 0 Å². The first kappa shape index (κ1) is 11.5. The van der Waals surface area contributed by atoms with Gasteiger partial charge in [0, 0.05) is 5.56 Å². The topological polar surface area (TPSA) is 29.5 Å². The van der Waals surface area contributed by atoms with Crippen LogP contribution in [0.1, 0.15) is 18.6 Å². The molecule has 0 heterocycles. The van der Waals surface area contributed by atoms with E-state index >= 15 is 0 Å². The predicted octanol–water partition coefficient (Wildman–Crippen LogP) is 2.00. The van der Waals surface area contributed by atoms with Crippen molar-refractivity contribution in [1.29, 1.82) is 0 Å². The summed E-state index contributed by atoms with van der Waals surface area (Å²) in [5, 5.41) is 9.26. The molecular formula is C11H14O2. The number of aliphatic hydroxyl groups is 1. The highest BCUT2D eigenvalue weighted by Crippen LogP contribution is 2.23. The Balaban J connectivity index is 0.000000671. The number of rotatable bonds is 2. The van der Waals surface area contributed by atoms with Crippen LogP contribution in [0.4, 0.5) is 0 Å². The molecule has 13 heavy (non-hydrogen) atoms. The molecule has 0 aliphatic carbocycles. The zero-order valence-corrected chi connectivity index (χ0v) is 7.90. The zero-order valence-electron chi connectivity index (χ0n) is 7.90. The van der Waals surface area contributed by atoms with Crippen molar-refractivity contribution in [1.82, 2.24) is 0 Å². The SMILES string of the molecule is C#C.COc1ccccc1C(C)O. The second kappa shape index (κ2) is 6.10. The largest absolute Gasteiger partial charge is 0.496 e. The smallest absolute Gasteiger partial charge is 0.124 e.